The summed E-state index contributed by atoms with van der Waals surface area (Å²) in [6, 6.07) is 3.57. The Labute approximate surface area is 178 Å². The van der Waals surface area contributed by atoms with Crippen LogP contribution in [0.2, 0.25) is 0 Å². The molecule has 2 fully saturated rings. The van der Waals surface area contributed by atoms with Gasteiger partial charge in [-0.3, -0.25) is 4.57 Å². The lowest BCUT2D eigenvalue weighted by molar-refractivity contribution is -0.347. The van der Waals surface area contributed by atoms with Crippen molar-refractivity contribution >= 4 is 10.9 Å². The van der Waals surface area contributed by atoms with Crippen molar-refractivity contribution in [1.82, 2.24) is 14.9 Å². The van der Waals surface area contributed by atoms with Gasteiger partial charge in [-0.25, -0.2) is 4.79 Å². The van der Waals surface area contributed by atoms with E-state index in [9.17, 15) is 4.79 Å². The second kappa shape index (κ2) is 7.16. The van der Waals surface area contributed by atoms with Crippen molar-refractivity contribution in [3.05, 3.63) is 52.6 Å². The van der Waals surface area contributed by atoms with Crippen molar-refractivity contribution in [2.24, 2.45) is 0 Å². The Morgan fingerprint density at radius 2 is 1.94 bits per heavy atom. The van der Waals surface area contributed by atoms with Gasteiger partial charge in [0.1, 0.15) is 0 Å². The van der Waals surface area contributed by atoms with Crippen LogP contribution in [-0.2, 0) is 14.2 Å². The fourth-order valence-electron chi connectivity index (χ4n) is 4.53. The highest BCUT2D eigenvalue weighted by Gasteiger charge is 2.37. The maximum absolute atomic E-state index is 13.3. The van der Waals surface area contributed by atoms with Gasteiger partial charge in [0.15, 0.2) is 18.3 Å². The number of rotatable bonds is 3. The van der Waals surface area contributed by atoms with Gasteiger partial charge in [0.05, 0.1) is 30.0 Å². The van der Waals surface area contributed by atoms with Crippen LogP contribution in [0, 0.1) is 0 Å². The number of ether oxygens (including phenoxy) is 5. The van der Waals surface area contributed by atoms with Crippen molar-refractivity contribution in [2.45, 2.75) is 30.8 Å². The van der Waals surface area contributed by atoms with E-state index in [0.717, 1.165) is 17.4 Å². The van der Waals surface area contributed by atoms with Gasteiger partial charge < -0.3 is 29.0 Å². The fraction of sp³-hybridized carbons (Fsp3) is 0.455. The van der Waals surface area contributed by atoms with Gasteiger partial charge in [-0.1, -0.05) is 12.2 Å². The van der Waals surface area contributed by atoms with Gasteiger partial charge in [-0.05, 0) is 25.1 Å². The third-order valence-electron chi connectivity index (χ3n) is 6.31. The molecule has 1 aromatic heterocycles. The predicted molar refractivity (Wildman–Crippen MR) is 110 cm³/mol. The second-order valence-corrected chi connectivity index (χ2v) is 8.10. The van der Waals surface area contributed by atoms with Gasteiger partial charge in [0.25, 0.3) is 0 Å². The molecule has 1 aromatic carbocycles. The first-order chi connectivity index (χ1) is 15.1. The fourth-order valence-corrected chi connectivity index (χ4v) is 4.53. The molecule has 2 saturated heterocycles. The minimum atomic E-state index is -0.778. The smallest absolute Gasteiger partial charge is 0.348 e. The summed E-state index contributed by atoms with van der Waals surface area (Å²) in [4.78, 5) is 17.8. The Hall–Kier alpha value is -2.72. The van der Waals surface area contributed by atoms with E-state index in [1.54, 1.807) is 4.57 Å². The molecule has 31 heavy (non-hydrogen) atoms. The number of hydrogen-bond donors (Lipinski definition) is 1. The van der Waals surface area contributed by atoms with Crippen LogP contribution in [0.15, 0.2) is 41.2 Å². The first kappa shape index (κ1) is 19.0. The van der Waals surface area contributed by atoms with Crippen LogP contribution in [0.25, 0.3) is 10.9 Å². The average Bonchev–Trinajstić information content (AvgIpc) is 3.24. The molecule has 1 spiro atoms. The van der Waals surface area contributed by atoms with E-state index in [0.29, 0.717) is 30.3 Å². The molecule has 9 nitrogen and oxygen atoms in total. The largest absolute Gasteiger partial charge is 0.454 e. The van der Waals surface area contributed by atoms with Gasteiger partial charge in [-0.2, -0.15) is 4.98 Å². The highest BCUT2D eigenvalue weighted by molar-refractivity contribution is 5.86. The molecule has 3 aliphatic heterocycles. The van der Waals surface area contributed by atoms with Crippen LogP contribution in [0.5, 0.6) is 11.5 Å². The summed E-state index contributed by atoms with van der Waals surface area (Å²) in [5.74, 6) is 0.304. The van der Waals surface area contributed by atoms with E-state index in [1.165, 1.54) is 0 Å². The third-order valence-corrected chi connectivity index (χ3v) is 6.31. The maximum atomic E-state index is 13.3. The minimum Gasteiger partial charge on any atom is -0.454 e. The Morgan fingerprint density at radius 1 is 1.16 bits per heavy atom. The topological polar surface area (TPSA) is 93.1 Å². The zero-order valence-electron chi connectivity index (χ0n) is 17.1. The molecule has 1 N–H and O–H groups in total. The SMILES string of the molecule is CC(C1CNCCO1)n1c(=O)nc(C2C=CC3(C=C2)OCO3)c2cc3c(cc21)OCO3. The number of fused-ring (bicyclic) bond motifs is 2. The average molecular weight is 425 g/mol. The van der Waals surface area contributed by atoms with Crippen molar-refractivity contribution in [2.75, 3.05) is 33.3 Å². The predicted octanol–water partition coefficient (Wildman–Crippen LogP) is 1.58. The lowest BCUT2D eigenvalue weighted by Crippen LogP contribution is -2.45. The normalized spacial score (nSPS) is 25.1. The molecule has 1 aliphatic carbocycles. The molecular weight excluding hydrogens is 402 g/mol. The number of aromatic nitrogens is 2. The van der Waals surface area contributed by atoms with Crippen molar-refractivity contribution in [3.63, 3.8) is 0 Å². The summed E-state index contributed by atoms with van der Waals surface area (Å²) < 4.78 is 29.8. The summed E-state index contributed by atoms with van der Waals surface area (Å²) >= 11 is 0. The van der Waals surface area contributed by atoms with Crippen LogP contribution >= 0.6 is 0 Å². The van der Waals surface area contributed by atoms with Gasteiger partial charge in [-0.15, -0.1) is 0 Å². The highest BCUT2D eigenvalue weighted by Crippen LogP contribution is 2.40. The maximum Gasteiger partial charge on any atom is 0.348 e. The summed E-state index contributed by atoms with van der Waals surface area (Å²) in [6.45, 7) is 4.52. The van der Waals surface area contributed by atoms with Crippen molar-refractivity contribution in [3.8, 4) is 11.5 Å². The van der Waals surface area contributed by atoms with Crippen LogP contribution in [-0.4, -0.2) is 54.7 Å². The van der Waals surface area contributed by atoms with Gasteiger partial charge in [0.2, 0.25) is 12.6 Å². The molecule has 4 heterocycles. The van der Waals surface area contributed by atoms with Crippen molar-refractivity contribution < 1.29 is 23.7 Å². The molecule has 0 bridgehead atoms. The summed E-state index contributed by atoms with van der Waals surface area (Å²) in [6.07, 6.45) is 7.49. The number of hydrogen-bond acceptors (Lipinski definition) is 8. The van der Waals surface area contributed by atoms with E-state index in [1.807, 2.05) is 43.4 Å². The number of nitrogens with zero attached hydrogens (tertiary/aromatic N) is 2. The summed E-state index contributed by atoms with van der Waals surface area (Å²) in [5, 5.41) is 4.17. The molecule has 6 rings (SSSR count). The van der Waals surface area contributed by atoms with Crippen LogP contribution < -0.4 is 20.5 Å². The van der Waals surface area contributed by atoms with Crippen LogP contribution in [0.1, 0.15) is 24.6 Å². The summed E-state index contributed by atoms with van der Waals surface area (Å²) in [7, 11) is 0. The van der Waals surface area contributed by atoms with Gasteiger partial charge >= 0.3 is 5.69 Å². The van der Waals surface area contributed by atoms with Gasteiger partial charge in [0, 0.05) is 30.5 Å². The summed E-state index contributed by atoms with van der Waals surface area (Å²) in [5.41, 5.74) is 1.09. The van der Waals surface area contributed by atoms with E-state index < -0.39 is 5.79 Å². The standard InChI is InChI=1S/C22H23N3O6/c1-13(19-10-23-6-7-27-19)25-16-9-18-17(28-11-29-18)8-15(16)20(24-21(25)26)14-2-4-22(5-3-14)30-12-31-22/h2-5,8-9,13-14,19,23H,6-7,10-12H2,1H3. The van der Waals surface area contributed by atoms with E-state index in [-0.39, 0.29) is 37.3 Å². The Morgan fingerprint density at radius 3 is 2.61 bits per heavy atom. The lowest BCUT2D eigenvalue weighted by atomic mass is 9.93. The molecule has 0 saturated carbocycles. The molecule has 0 radical (unpaired) electrons. The number of benzene rings is 1. The van der Waals surface area contributed by atoms with E-state index in [4.69, 9.17) is 23.7 Å². The minimum absolute atomic E-state index is 0.130. The first-order valence-electron chi connectivity index (χ1n) is 10.5. The zero-order chi connectivity index (χ0) is 21.0. The van der Waals surface area contributed by atoms with E-state index in [2.05, 4.69) is 10.3 Å². The van der Waals surface area contributed by atoms with Crippen molar-refractivity contribution in [1.29, 1.82) is 0 Å². The third kappa shape index (κ3) is 3.08. The lowest BCUT2D eigenvalue weighted by Gasteiger charge is -2.38. The van der Waals surface area contributed by atoms with Crippen LogP contribution in [0.3, 0.4) is 0 Å². The Bertz CT molecular complexity index is 1130. The van der Waals surface area contributed by atoms with E-state index >= 15 is 0 Å². The first-order valence-corrected chi connectivity index (χ1v) is 10.5. The highest BCUT2D eigenvalue weighted by atomic mass is 16.9. The molecule has 4 aliphatic rings. The van der Waals surface area contributed by atoms with Crippen LogP contribution in [0.4, 0.5) is 0 Å². The quantitative estimate of drug-likeness (QED) is 0.741. The molecule has 162 valence electrons. The molecule has 2 atom stereocenters. The molecule has 9 heteroatoms. The Balaban J connectivity index is 1.49. The molecular formula is C22H23N3O6. The molecule has 2 unspecified atom stereocenters. The Kier molecular flexibility index (Phi) is 4.39. The molecule has 0 amide bonds. The second-order valence-electron chi connectivity index (χ2n) is 8.10. The number of nitrogens with one attached hydrogen (secondary N) is 1. The number of morpholine rings is 1. The number of allylic oxidation sites excluding steroid dienone is 2. The monoisotopic (exact) mass is 425 g/mol. The zero-order valence-corrected chi connectivity index (χ0v) is 17.1. The molecule has 2 aromatic rings.